The Morgan fingerprint density at radius 1 is 1.25 bits per heavy atom. The van der Waals surface area contributed by atoms with Crippen molar-refractivity contribution in [1.82, 2.24) is 4.57 Å². The standard InChI is InChI=1S/C15H21NO3Si/c1-15(2,3)20(4,5)19-12-6-7-13-11(10-12)8-9-16(13)14(17)18/h6-10H,1-5H3,(H,17,18). The van der Waals surface area contributed by atoms with Crippen molar-refractivity contribution in [3.05, 3.63) is 30.5 Å². The summed E-state index contributed by atoms with van der Waals surface area (Å²) in [6, 6.07) is 7.35. The third-order valence-corrected chi connectivity index (χ3v) is 8.41. The van der Waals surface area contributed by atoms with Crippen LogP contribution in [0.2, 0.25) is 18.1 Å². The van der Waals surface area contributed by atoms with E-state index in [1.165, 1.54) is 4.57 Å². The fourth-order valence-electron chi connectivity index (χ4n) is 1.80. The van der Waals surface area contributed by atoms with Crippen molar-refractivity contribution >= 4 is 25.3 Å². The van der Waals surface area contributed by atoms with Crippen molar-refractivity contribution < 1.29 is 14.3 Å². The summed E-state index contributed by atoms with van der Waals surface area (Å²) in [6.07, 6.45) is 0.585. The Balaban J connectivity index is 2.37. The Kier molecular flexibility index (Phi) is 3.42. The maximum atomic E-state index is 11.1. The van der Waals surface area contributed by atoms with Crippen LogP contribution in [0.5, 0.6) is 5.75 Å². The molecule has 0 aliphatic rings. The monoisotopic (exact) mass is 291 g/mol. The Bertz CT molecular complexity index is 653. The second-order valence-corrected chi connectivity index (χ2v) is 11.3. The van der Waals surface area contributed by atoms with Gasteiger partial charge in [0.25, 0.3) is 0 Å². The number of hydrogen-bond acceptors (Lipinski definition) is 2. The van der Waals surface area contributed by atoms with E-state index in [0.717, 1.165) is 11.1 Å². The van der Waals surface area contributed by atoms with Crippen LogP contribution in [0.3, 0.4) is 0 Å². The molecule has 2 rings (SSSR count). The maximum Gasteiger partial charge on any atom is 0.415 e. The zero-order valence-corrected chi connectivity index (χ0v) is 13.6. The second kappa shape index (κ2) is 4.66. The molecule has 1 N–H and O–H groups in total. The topological polar surface area (TPSA) is 51.5 Å². The summed E-state index contributed by atoms with van der Waals surface area (Å²) < 4.78 is 7.44. The van der Waals surface area contributed by atoms with Crippen LogP contribution in [0, 0.1) is 0 Å². The van der Waals surface area contributed by atoms with Crippen molar-refractivity contribution in [3.8, 4) is 5.75 Å². The molecule has 108 valence electrons. The van der Waals surface area contributed by atoms with Gasteiger partial charge in [-0.2, -0.15) is 0 Å². The summed E-state index contributed by atoms with van der Waals surface area (Å²) in [5, 5.41) is 10.1. The van der Waals surface area contributed by atoms with E-state index in [2.05, 4.69) is 33.9 Å². The lowest BCUT2D eigenvalue weighted by Gasteiger charge is -2.36. The molecule has 4 nitrogen and oxygen atoms in total. The Labute approximate surface area is 120 Å². The second-order valence-electron chi connectivity index (χ2n) is 6.55. The molecular formula is C15H21NO3Si. The average Bonchev–Trinajstić information content (AvgIpc) is 2.69. The van der Waals surface area contributed by atoms with Crippen LogP contribution in [-0.2, 0) is 0 Å². The van der Waals surface area contributed by atoms with Gasteiger partial charge in [0.15, 0.2) is 0 Å². The summed E-state index contributed by atoms with van der Waals surface area (Å²) in [5.74, 6) is 0.812. The lowest BCUT2D eigenvalue weighted by molar-refractivity contribution is 0.197. The highest BCUT2D eigenvalue weighted by Gasteiger charge is 2.38. The average molecular weight is 291 g/mol. The summed E-state index contributed by atoms with van der Waals surface area (Å²) in [7, 11) is -1.87. The minimum absolute atomic E-state index is 0.134. The van der Waals surface area contributed by atoms with Gasteiger partial charge in [-0.05, 0) is 42.4 Å². The first kappa shape index (κ1) is 14.7. The van der Waals surface area contributed by atoms with Crippen LogP contribution in [0.1, 0.15) is 20.8 Å². The molecule has 0 bridgehead atoms. The Morgan fingerprint density at radius 2 is 1.90 bits per heavy atom. The van der Waals surface area contributed by atoms with E-state index >= 15 is 0 Å². The van der Waals surface area contributed by atoms with Gasteiger partial charge in [-0.1, -0.05) is 20.8 Å². The van der Waals surface area contributed by atoms with E-state index in [9.17, 15) is 4.79 Å². The first-order chi connectivity index (χ1) is 9.12. The minimum Gasteiger partial charge on any atom is -0.543 e. The van der Waals surface area contributed by atoms with Crippen molar-refractivity contribution in [2.24, 2.45) is 0 Å². The van der Waals surface area contributed by atoms with E-state index < -0.39 is 14.4 Å². The molecule has 2 aromatic rings. The van der Waals surface area contributed by atoms with Crippen LogP contribution in [0.4, 0.5) is 4.79 Å². The van der Waals surface area contributed by atoms with Crippen LogP contribution in [-0.4, -0.2) is 24.1 Å². The number of rotatable bonds is 2. The first-order valence-electron chi connectivity index (χ1n) is 6.65. The van der Waals surface area contributed by atoms with Crippen LogP contribution in [0.25, 0.3) is 10.9 Å². The molecule has 1 aromatic heterocycles. The van der Waals surface area contributed by atoms with E-state index in [0.29, 0.717) is 5.52 Å². The molecule has 0 amide bonds. The molecule has 0 radical (unpaired) electrons. The molecule has 0 spiro atoms. The van der Waals surface area contributed by atoms with Crippen molar-refractivity contribution in [3.63, 3.8) is 0 Å². The quantitative estimate of drug-likeness (QED) is 0.826. The molecule has 20 heavy (non-hydrogen) atoms. The number of fused-ring (bicyclic) bond motifs is 1. The predicted octanol–water partition coefficient (Wildman–Crippen LogP) is 4.55. The van der Waals surface area contributed by atoms with E-state index in [4.69, 9.17) is 9.53 Å². The number of nitrogens with zero attached hydrogens (tertiary/aromatic N) is 1. The minimum atomic E-state index is -1.87. The summed E-state index contributed by atoms with van der Waals surface area (Å²) in [4.78, 5) is 11.1. The van der Waals surface area contributed by atoms with Gasteiger partial charge in [0, 0.05) is 11.6 Å². The SMILES string of the molecule is CC(C)(C)[Si](C)(C)Oc1ccc2c(ccn2C(=O)O)c1. The van der Waals surface area contributed by atoms with E-state index in [1.54, 1.807) is 18.3 Å². The molecule has 0 saturated carbocycles. The largest absolute Gasteiger partial charge is 0.543 e. The molecule has 0 unspecified atom stereocenters. The lowest BCUT2D eigenvalue weighted by atomic mass is 10.2. The van der Waals surface area contributed by atoms with Crippen LogP contribution >= 0.6 is 0 Å². The maximum absolute atomic E-state index is 11.1. The normalized spacial score (nSPS) is 12.7. The first-order valence-corrected chi connectivity index (χ1v) is 9.56. The third kappa shape index (κ3) is 2.58. The van der Waals surface area contributed by atoms with E-state index in [-0.39, 0.29) is 5.04 Å². The number of benzene rings is 1. The molecule has 5 heteroatoms. The summed E-state index contributed by atoms with van der Waals surface area (Å²) in [6.45, 7) is 11.0. The molecule has 1 heterocycles. The highest BCUT2D eigenvalue weighted by molar-refractivity contribution is 6.74. The number of aromatic nitrogens is 1. The number of hydrogen-bond donors (Lipinski definition) is 1. The molecule has 0 saturated heterocycles. The van der Waals surface area contributed by atoms with Crippen molar-refractivity contribution in [1.29, 1.82) is 0 Å². The highest BCUT2D eigenvalue weighted by Crippen LogP contribution is 2.37. The van der Waals surface area contributed by atoms with Gasteiger partial charge >= 0.3 is 6.09 Å². The van der Waals surface area contributed by atoms with Gasteiger partial charge in [-0.15, -0.1) is 0 Å². The Morgan fingerprint density at radius 3 is 2.45 bits per heavy atom. The fraction of sp³-hybridized carbons (Fsp3) is 0.400. The van der Waals surface area contributed by atoms with Crippen molar-refractivity contribution in [2.75, 3.05) is 0 Å². The zero-order chi connectivity index (χ0) is 15.1. The summed E-state index contributed by atoms with van der Waals surface area (Å²) >= 11 is 0. The highest BCUT2D eigenvalue weighted by atomic mass is 28.4. The molecule has 0 fully saturated rings. The zero-order valence-electron chi connectivity index (χ0n) is 12.6. The Hall–Kier alpha value is -1.75. The predicted molar refractivity (Wildman–Crippen MR) is 83.2 cm³/mol. The third-order valence-electron chi connectivity index (χ3n) is 4.05. The van der Waals surface area contributed by atoms with Gasteiger partial charge in [0.2, 0.25) is 8.32 Å². The van der Waals surface area contributed by atoms with Gasteiger partial charge in [0.05, 0.1) is 5.52 Å². The molecule has 0 aliphatic heterocycles. The molecule has 0 aliphatic carbocycles. The molecule has 0 atom stereocenters. The van der Waals surface area contributed by atoms with Crippen LogP contribution in [0.15, 0.2) is 30.5 Å². The van der Waals surface area contributed by atoms with Gasteiger partial charge in [-0.25, -0.2) is 4.79 Å². The fourth-order valence-corrected chi connectivity index (χ4v) is 2.82. The molecular weight excluding hydrogens is 270 g/mol. The lowest BCUT2D eigenvalue weighted by Crippen LogP contribution is -2.43. The van der Waals surface area contributed by atoms with Gasteiger partial charge in [-0.3, -0.25) is 4.57 Å². The van der Waals surface area contributed by atoms with Crippen LogP contribution < -0.4 is 4.43 Å². The van der Waals surface area contributed by atoms with E-state index in [1.807, 2.05) is 12.1 Å². The van der Waals surface area contributed by atoms with Gasteiger partial charge in [0.1, 0.15) is 5.75 Å². The number of carbonyl (C=O) groups is 1. The van der Waals surface area contributed by atoms with Gasteiger partial charge < -0.3 is 9.53 Å². The number of carboxylic acid groups (broad SMARTS) is 1. The summed E-state index contributed by atoms with van der Waals surface area (Å²) in [5.41, 5.74) is 0.681. The molecule has 1 aromatic carbocycles. The smallest absolute Gasteiger partial charge is 0.415 e. The van der Waals surface area contributed by atoms with Crippen molar-refractivity contribution in [2.45, 2.75) is 38.9 Å².